The van der Waals surface area contributed by atoms with E-state index >= 15 is 0 Å². The van der Waals surface area contributed by atoms with Gasteiger partial charge in [0.2, 0.25) is 11.8 Å². The molecular weight excluding hydrogens is 300 g/mol. The Labute approximate surface area is 144 Å². The average Bonchev–Trinajstić information content (AvgIpc) is 2.59. The van der Waals surface area contributed by atoms with Gasteiger partial charge in [0, 0.05) is 38.5 Å². The van der Waals surface area contributed by atoms with Crippen LogP contribution in [0.1, 0.15) is 50.5 Å². The van der Waals surface area contributed by atoms with E-state index in [1.165, 1.54) is 12.0 Å². The van der Waals surface area contributed by atoms with E-state index in [9.17, 15) is 9.59 Å². The Bertz CT molecular complexity index is 560. The van der Waals surface area contributed by atoms with Crippen molar-refractivity contribution in [2.75, 3.05) is 26.2 Å². The Morgan fingerprint density at radius 2 is 1.67 bits per heavy atom. The molecule has 1 atom stereocenters. The van der Waals surface area contributed by atoms with Gasteiger partial charge in [-0.2, -0.15) is 0 Å². The maximum absolute atomic E-state index is 12.6. The zero-order chi connectivity index (χ0) is 16.9. The van der Waals surface area contributed by atoms with Crippen LogP contribution in [0, 0.1) is 5.92 Å². The number of amides is 2. The monoisotopic (exact) mass is 328 g/mol. The van der Waals surface area contributed by atoms with E-state index in [2.05, 4.69) is 19.1 Å². The summed E-state index contributed by atoms with van der Waals surface area (Å²) in [4.78, 5) is 28.8. The summed E-state index contributed by atoms with van der Waals surface area (Å²) in [5.41, 5.74) is 1.24. The number of piperazine rings is 1. The minimum Gasteiger partial charge on any atom is -0.339 e. The lowest BCUT2D eigenvalue weighted by atomic mass is 9.84. The summed E-state index contributed by atoms with van der Waals surface area (Å²) in [6.07, 6.45) is 4.82. The van der Waals surface area contributed by atoms with Crippen LogP contribution in [0.2, 0.25) is 0 Å². The highest BCUT2D eigenvalue weighted by Crippen LogP contribution is 2.29. The second-order valence-corrected chi connectivity index (χ2v) is 7.05. The van der Waals surface area contributed by atoms with Gasteiger partial charge in [-0.05, 0) is 30.7 Å². The number of hydrogen-bond donors (Lipinski definition) is 0. The molecule has 1 aromatic rings. The van der Waals surface area contributed by atoms with Crippen LogP contribution in [-0.2, 0) is 9.59 Å². The van der Waals surface area contributed by atoms with E-state index in [0.717, 1.165) is 19.3 Å². The van der Waals surface area contributed by atoms with Gasteiger partial charge in [0.05, 0.1) is 0 Å². The number of carbonyl (C=O) groups is 2. The number of carbonyl (C=O) groups excluding carboxylic acids is 2. The quantitative estimate of drug-likeness (QED) is 0.833. The zero-order valence-electron chi connectivity index (χ0n) is 14.6. The summed E-state index contributed by atoms with van der Waals surface area (Å²) in [5.74, 6) is 1.08. The van der Waals surface area contributed by atoms with Crippen molar-refractivity contribution in [1.82, 2.24) is 9.80 Å². The Hall–Kier alpha value is -1.84. The Kier molecular flexibility index (Phi) is 5.54. The van der Waals surface area contributed by atoms with Crippen molar-refractivity contribution in [2.24, 2.45) is 5.92 Å². The van der Waals surface area contributed by atoms with Gasteiger partial charge in [0.25, 0.3) is 0 Å². The summed E-state index contributed by atoms with van der Waals surface area (Å²) in [5, 5.41) is 0. The third-order valence-electron chi connectivity index (χ3n) is 5.58. The fourth-order valence-electron chi connectivity index (χ4n) is 3.65. The number of benzene rings is 1. The van der Waals surface area contributed by atoms with Crippen molar-refractivity contribution >= 4 is 11.8 Å². The van der Waals surface area contributed by atoms with Gasteiger partial charge in [-0.1, -0.05) is 43.7 Å². The van der Waals surface area contributed by atoms with E-state index in [-0.39, 0.29) is 17.7 Å². The predicted molar refractivity (Wildman–Crippen MR) is 94.6 cm³/mol. The van der Waals surface area contributed by atoms with E-state index < -0.39 is 0 Å². The first kappa shape index (κ1) is 17.0. The first-order valence-electron chi connectivity index (χ1n) is 9.30. The smallest absolute Gasteiger partial charge is 0.225 e. The molecule has 0 aromatic heterocycles. The van der Waals surface area contributed by atoms with Crippen LogP contribution in [0.25, 0.3) is 0 Å². The SMILES string of the molecule is CC[C@H](CC(=O)N1CCN(C(=O)C2CCC2)CC1)c1ccccc1. The molecule has 4 heteroatoms. The molecule has 4 nitrogen and oxygen atoms in total. The third-order valence-corrected chi connectivity index (χ3v) is 5.58. The van der Waals surface area contributed by atoms with Crippen molar-refractivity contribution < 1.29 is 9.59 Å². The lowest BCUT2D eigenvalue weighted by molar-refractivity contribution is -0.144. The Morgan fingerprint density at radius 1 is 1.04 bits per heavy atom. The third kappa shape index (κ3) is 3.80. The highest BCUT2D eigenvalue weighted by molar-refractivity contribution is 5.81. The second kappa shape index (κ2) is 7.82. The molecule has 1 aliphatic heterocycles. The largest absolute Gasteiger partial charge is 0.339 e. The lowest BCUT2D eigenvalue weighted by Crippen LogP contribution is -2.52. The minimum atomic E-state index is 0.224. The van der Waals surface area contributed by atoms with Gasteiger partial charge in [0.15, 0.2) is 0 Å². The first-order valence-corrected chi connectivity index (χ1v) is 9.30. The van der Waals surface area contributed by atoms with Gasteiger partial charge < -0.3 is 9.80 Å². The highest BCUT2D eigenvalue weighted by Gasteiger charge is 2.32. The fraction of sp³-hybridized carbons (Fsp3) is 0.600. The molecule has 24 heavy (non-hydrogen) atoms. The maximum Gasteiger partial charge on any atom is 0.225 e. The molecule has 0 N–H and O–H groups in total. The molecule has 2 fully saturated rings. The molecule has 130 valence electrons. The van der Waals surface area contributed by atoms with Crippen molar-refractivity contribution in [2.45, 2.75) is 44.9 Å². The number of rotatable bonds is 5. The predicted octanol–water partition coefficient (Wildman–Crippen LogP) is 3.04. The van der Waals surface area contributed by atoms with Gasteiger partial charge in [-0.25, -0.2) is 0 Å². The van der Waals surface area contributed by atoms with Crippen molar-refractivity contribution in [1.29, 1.82) is 0 Å². The summed E-state index contributed by atoms with van der Waals surface area (Å²) in [6, 6.07) is 10.3. The molecule has 1 saturated heterocycles. The van der Waals surface area contributed by atoms with Crippen molar-refractivity contribution in [3.05, 3.63) is 35.9 Å². The van der Waals surface area contributed by atoms with Crippen LogP contribution < -0.4 is 0 Å². The molecular formula is C20H28N2O2. The van der Waals surface area contributed by atoms with E-state index in [1.807, 2.05) is 28.0 Å². The molecule has 0 unspecified atom stereocenters. The summed E-state index contributed by atoms with van der Waals surface area (Å²) >= 11 is 0. The van der Waals surface area contributed by atoms with Crippen molar-refractivity contribution in [3.8, 4) is 0 Å². The van der Waals surface area contributed by atoms with Crippen LogP contribution >= 0.6 is 0 Å². The Balaban J connectivity index is 1.50. The number of nitrogens with zero attached hydrogens (tertiary/aromatic N) is 2. The van der Waals surface area contributed by atoms with Gasteiger partial charge in [-0.15, -0.1) is 0 Å². The van der Waals surface area contributed by atoms with Crippen LogP contribution in [0.15, 0.2) is 30.3 Å². The van der Waals surface area contributed by atoms with E-state index in [4.69, 9.17) is 0 Å². The Morgan fingerprint density at radius 3 is 2.21 bits per heavy atom. The van der Waals surface area contributed by atoms with Gasteiger partial charge in [-0.3, -0.25) is 9.59 Å². The molecule has 3 rings (SSSR count). The average molecular weight is 328 g/mol. The molecule has 0 bridgehead atoms. The summed E-state index contributed by atoms with van der Waals surface area (Å²) in [6.45, 7) is 4.90. The second-order valence-electron chi connectivity index (χ2n) is 7.05. The van der Waals surface area contributed by atoms with Gasteiger partial charge in [0.1, 0.15) is 0 Å². The fourth-order valence-corrected chi connectivity index (χ4v) is 3.65. The topological polar surface area (TPSA) is 40.6 Å². The number of hydrogen-bond acceptors (Lipinski definition) is 2. The standard InChI is InChI=1S/C20H28N2O2/c1-2-16(17-7-4-3-5-8-17)15-19(23)21-11-13-22(14-12-21)20(24)18-9-6-10-18/h3-5,7-8,16,18H,2,6,9-15H2,1H3/t16-/m1/s1. The molecule has 0 spiro atoms. The molecule has 1 heterocycles. The normalized spacial score (nSPS) is 19.7. The molecule has 0 radical (unpaired) electrons. The van der Waals surface area contributed by atoms with Crippen molar-refractivity contribution in [3.63, 3.8) is 0 Å². The summed E-state index contributed by atoms with van der Waals surface area (Å²) < 4.78 is 0. The minimum absolute atomic E-state index is 0.224. The maximum atomic E-state index is 12.6. The lowest BCUT2D eigenvalue weighted by Gasteiger charge is -2.38. The van der Waals surface area contributed by atoms with E-state index in [1.54, 1.807) is 0 Å². The molecule has 1 aromatic carbocycles. The zero-order valence-corrected chi connectivity index (χ0v) is 14.6. The summed E-state index contributed by atoms with van der Waals surface area (Å²) in [7, 11) is 0. The van der Waals surface area contributed by atoms with Gasteiger partial charge >= 0.3 is 0 Å². The van der Waals surface area contributed by atoms with Crippen LogP contribution in [-0.4, -0.2) is 47.8 Å². The van der Waals surface area contributed by atoms with E-state index in [0.29, 0.717) is 38.5 Å². The molecule has 2 amide bonds. The van der Waals surface area contributed by atoms with Crippen LogP contribution in [0.4, 0.5) is 0 Å². The molecule has 1 aliphatic carbocycles. The van der Waals surface area contributed by atoms with Crippen LogP contribution in [0.3, 0.4) is 0 Å². The highest BCUT2D eigenvalue weighted by atomic mass is 16.2. The van der Waals surface area contributed by atoms with Crippen LogP contribution in [0.5, 0.6) is 0 Å². The molecule has 1 saturated carbocycles. The first-order chi connectivity index (χ1) is 11.7. The molecule has 2 aliphatic rings.